The zero-order chi connectivity index (χ0) is 12.8. The average Bonchev–Trinajstić information content (AvgIpc) is 2.28. The van der Waals surface area contributed by atoms with Crippen molar-refractivity contribution >= 4 is 5.97 Å². The van der Waals surface area contributed by atoms with E-state index in [1.165, 1.54) is 6.07 Å². The second kappa shape index (κ2) is 5.97. The number of carbonyl (C=O) groups is 1. The van der Waals surface area contributed by atoms with Gasteiger partial charge >= 0.3 is 5.97 Å². The van der Waals surface area contributed by atoms with Crippen molar-refractivity contribution in [2.45, 2.75) is 19.9 Å². The van der Waals surface area contributed by atoms with Crippen molar-refractivity contribution in [1.29, 1.82) is 5.26 Å². The Bertz CT molecular complexity index is 466. The molecule has 0 radical (unpaired) electrons. The Morgan fingerprint density at radius 3 is 2.82 bits per heavy atom. The minimum absolute atomic E-state index is 0.0215. The Morgan fingerprint density at radius 1 is 1.59 bits per heavy atom. The molecule has 0 unspecified atom stereocenters. The van der Waals surface area contributed by atoms with Gasteiger partial charge in [-0.15, -0.1) is 0 Å². The first-order valence-electron chi connectivity index (χ1n) is 5.19. The van der Waals surface area contributed by atoms with Gasteiger partial charge in [0.15, 0.2) is 0 Å². The van der Waals surface area contributed by atoms with E-state index in [-0.39, 0.29) is 30.7 Å². The predicted molar refractivity (Wildman–Crippen MR) is 59.3 cm³/mol. The normalized spacial score (nSPS) is 9.76. The number of hydrogen-bond acceptors (Lipinski definition) is 4. The Kier molecular flexibility index (Phi) is 4.61. The van der Waals surface area contributed by atoms with Gasteiger partial charge in [0.1, 0.15) is 5.82 Å². The van der Waals surface area contributed by atoms with Crippen molar-refractivity contribution in [3.05, 3.63) is 34.6 Å². The van der Waals surface area contributed by atoms with Crippen LogP contribution < -0.4 is 5.73 Å². The van der Waals surface area contributed by atoms with Crippen LogP contribution in [0.2, 0.25) is 0 Å². The summed E-state index contributed by atoms with van der Waals surface area (Å²) in [7, 11) is 0. The smallest absolute Gasteiger partial charge is 0.310 e. The first-order chi connectivity index (χ1) is 8.12. The zero-order valence-corrected chi connectivity index (χ0v) is 9.50. The molecule has 0 amide bonds. The van der Waals surface area contributed by atoms with E-state index in [0.717, 1.165) is 6.07 Å². The SMILES string of the molecule is CCOC(=O)Cc1cc(C#N)cc(F)c1CN. The molecule has 1 rings (SSSR count). The lowest BCUT2D eigenvalue weighted by molar-refractivity contribution is -0.142. The van der Waals surface area contributed by atoms with Crippen molar-refractivity contribution in [3.63, 3.8) is 0 Å². The summed E-state index contributed by atoms with van der Waals surface area (Å²) < 4.78 is 18.3. The second-order valence-electron chi connectivity index (χ2n) is 3.39. The van der Waals surface area contributed by atoms with Crippen molar-refractivity contribution in [2.75, 3.05) is 6.61 Å². The lowest BCUT2D eigenvalue weighted by Crippen LogP contribution is -2.12. The number of halogens is 1. The maximum atomic E-state index is 13.6. The third-order valence-corrected chi connectivity index (χ3v) is 2.26. The van der Waals surface area contributed by atoms with E-state index >= 15 is 0 Å². The number of esters is 1. The van der Waals surface area contributed by atoms with Crippen molar-refractivity contribution in [1.82, 2.24) is 0 Å². The molecule has 0 spiro atoms. The number of carbonyl (C=O) groups excluding carboxylic acids is 1. The van der Waals surface area contributed by atoms with E-state index in [1.807, 2.05) is 6.07 Å². The quantitative estimate of drug-likeness (QED) is 0.798. The molecule has 0 heterocycles. The van der Waals surface area contributed by atoms with Gasteiger partial charge in [-0.05, 0) is 24.6 Å². The molecule has 1 aromatic rings. The van der Waals surface area contributed by atoms with E-state index in [0.29, 0.717) is 5.56 Å². The Hall–Kier alpha value is -1.93. The molecule has 2 N–H and O–H groups in total. The monoisotopic (exact) mass is 236 g/mol. The molecule has 0 aliphatic rings. The van der Waals surface area contributed by atoms with Gasteiger partial charge in [-0.1, -0.05) is 0 Å². The van der Waals surface area contributed by atoms with Crippen LogP contribution in [0.25, 0.3) is 0 Å². The maximum absolute atomic E-state index is 13.6. The van der Waals surface area contributed by atoms with E-state index in [2.05, 4.69) is 0 Å². The number of benzene rings is 1. The molecule has 1 aromatic carbocycles. The van der Waals surface area contributed by atoms with Crippen LogP contribution in [0.1, 0.15) is 23.6 Å². The van der Waals surface area contributed by atoms with Gasteiger partial charge < -0.3 is 10.5 Å². The number of hydrogen-bond donors (Lipinski definition) is 1. The molecule has 4 nitrogen and oxygen atoms in total. The molecule has 0 aromatic heterocycles. The van der Waals surface area contributed by atoms with Gasteiger partial charge in [-0.25, -0.2) is 4.39 Å². The molecule has 0 aliphatic heterocycles. The van der Waals surface area contributed by atoms with Crippen molar-refractivity contribution < 1.29 is 13.9 Å². The largest absolute Gasteiger partial charge is 0.466 e. The van der Waals surface area contributed by atoms with Crippen molar-refractivity contribution in [3.8, 4) is 6.07 Å². The Labute approximate surface area is 98.8 Å². The van der Waals surface area contributed by atoms with Crippen LogP contribution in [-0.4, -0.2) is 12.6 Å². The molecule has 5 heteroatoms. The molecule has 0 saturated carbocycles. The predicted octanol–water partition coefficient (Wildman–Crippen LogP) is 1.26. The molecule has 17 heavy (non-hydrogen) atoms. The molecule has 0 bridgehead atoms. The van der Waals surface area contributed by atoms with Gasteiger partial charge in [-0.3, -0.25) is 4.79 Å². The van der Waals surface area contributed by atoms with Gasteiger partial charge in [0.05, 0.1) is 24.7 Å². The minimum atomic E-state index is -0.564. The van der Waals surface area contributed by atoms with Gasteiger partial charge in [0.2, 0.25) is 0 Å². The minimum Gasteiger partial charge on any atom is -0.466 e. The molecule has 0 atom stereocenters. The van der Waals surface area contributed by atoms with E-state index in [9.17, 15) is 9.18 Å². The van der Waals surface area contributed by atoms with Crippen LogP contribution in [0, 0.1) is 17.1 Å². The second-order valence-corrected chi connectivity index (χ2v) is 3.39. The molecule has 0 saturated heterocycles. The third-order valence-electron chi connectivity index (χ3n) is 2.26. The fourth-order valence-corrected chi connectivity index (χ4v) is 1.51. The first kappa shape index (κ1) is 13.1. The molecule has 90 valence electrons. The summed E-state index contributed by atoms with van der Waals surface area (Å²) in [6, 6.07) is 4.40. The fourth-order valence-electron chi connectivity index (χ4n) is 1.51. The standard InChI is InChI=1S/C12H13FN2O2/c1-2-17-12(16)5-9-3-8(6-14)4-11(13)10(9)7-15/h3-4H,2,5,7,15H2,1H3. The van der Waals surface area contributed by atoms with Gasteiger partial charge in [-0.2, -0.15) is 5.26 Å². The van der Waals surface area contributed by atoms with Gasteiger partial charge in [0.25, 0.3) is 0 Å². The highest BCUT2D eigenvalue weighted by molar-refractivity contribution is 5.73. The lowest BCUT2D eigenvalue weighted by Gasteiger charge is -2.09. The van der Waals surface area contributed by atoms with Crippen LogP contribution in [0.15, 0.2) is 12.1 Å². The molecule has 0 aliphatic carbocycles. The first-order valence-corrected chi connectivity index (χ1v) is 5.19. The summed E-state index contributed by atoms with van der Waals surface area (Å²) in [5.74, 6) is -1.03. The number of rotatable bonds is 4. The average molecular weight is 236 g/mol. The number of nitrogens with two attached hydrogens (primary N) is 1. The fraction of sp³-hybridized carbons (Fsp3) is 0.333. The maximum Gasteiger partial charge on any atom is 0.310 e. The highest BCUT2D eigenvalue weighted by atomic mass is 19.1. The summed E-state index contributed by atoms with van der Waals surface area (Å²) in [5.41, 5.74) is 6.24. The molecular formula is C12H13FN2O2. The van der Waals surface area contributed by atoms with Crippen LogP contribution in [0.5, 0.6) is 0 Å². The number of nitrogens with zero attached hydrogens (tertiary/aromatic N) is 1. The lowest BCUT2D eigenvalue weighted by atomic mass is 10.0. The van der Waals surface area contributed by atoms with Gasteiger partial charge in [0, 0.05) is 12.1 Å². The van der Waals surface area contributed by atoms with Crippen LogP contribution in [0.3, 0.4) is 0 Å². The highest BCUT2D eigenvalue weighted by Crippen LogP contribution is 2.17. The third kappa shape index (κ3) is 3.26. The van der Waals surface area contributed by atoms with Crippen LogP contribution in [-0.2, 0) is 22.5 Å². The van der Waals surface area contributed by atoms with Crippen LogP contribution in [0.4, 0.5) is 4.39 Å². The van der Waals surface area contributed by atoms with E-state index in [1.54, 1.807) is 6.92 Å². The Morgan fingerprint density at radius 2 is 2.29 bits per heavy atom. The molecule has 0 fully saturated rings. The summed E-state index contributed by atoms with van der Waals surface area (Å²) >= 11 is 0. The summed E-state index contributed by atoms with van der Waals surface area (Å²) in [4.78, 5) is 11.3. The summed E-state index contributed by atoms with van der Waals surface area (Å²) in [5, 5.41) is 8.72. The van der Waals surface area contributed by atoms with E-state index in [4.69, 9.17) is 15.7 Å². The Balaban J connectivity index is 3.08. The van der Waals surface area contributed by atoms with E-state index < -0.39 is 11.8 Å². The van der Waals surface area contributed by atoms with Crippen LogP contribution >= 0.6 is 0 Å². The summed E-state index contributed by atoms with van der Waals surface area (Å²) in [6.07, 6.45) is -0.0766. The topological polar surface area (TPSA) is 76.1 Å². The number of nitriles is 1. The van der Waals surface area contributed by atoms with Crippen molar-refractivity contribution in [2.24, 2.45) is 5.73 Å². The molecular weight excluding hydrogens is 223 g/mol. The summed E-state index contributed by atoms with van der Waals surface area (Å²) in [6.45, 7) is 1.93. The zero-order valence-electron chi connectivity index (χ0n) is 9.50. The number of ether oxygens (including phenoxy) is 1. The highest BCUT2D eigenvalue weighted by Gasteiger charge is 2.13.